The Morgan fingerprint density at radius 1 is 0.833 bits per heavy atom. The lowest BCUT2D eigenvalue weighted by Crippen LogP contribution is -2.30. The third-order valence-corrected chi connectivity index (χ3v) is 4.82. The molecular formula is C25H25NO4. The molecule has 0 radical (unpaired) electrons. The topological polar surface area (TPSA) is 64.6 Å². The Morgan fingerprint density at radius 3 is 2.00 bits per heavy atom. The van der Waals surface area contributed by atoms with Gasteiger partial charge in [0.25, 0.3) is 5.91 Å². The van der Waals surface area contributed by atoms with Crippen LogP contribution in [0, 0.1) is 0 Å². The van der Waals surface area contributed by atoms with Gasteiger partial charge >= 0.3 is 5.97 Å². The van der Waals surface area contributed by atoms with Crippen molar-refractivity contribution in [3.05, 3.63) is 102 Å². The summed E-state index contributed by atoms with van der Waals surface area (Å²) in [5.74, 6) is -0.340. The van der Waals surface area contributed by atoms with Crippen LogP contribution in [0.1, 0.15) is 33.8 Å². The molecule has 5 nitrogen and oxygen atoms in total. The lowest BCUT2D eigenvalue weighted by molar-refractivity contribution is -0.124. The lowest BCUT2D eigenvalue weighted by atomic mass is 9.88. The number of hydrogen-bond acceptors (Lipinski definition) is 4. The number of benzene rings is 3. The van der Waals surface area contributed by atoms with Crippen molar-refractivity contribution in [1.82, 2.24) is 5.32 Å². The smallest absolute Gasteiger partial charge is 0.342 e. The van der Waals surface area contributed by atoms with Gasteiger partial charge in [-0.3, -0.25) is 4.79 Å². The van der Waals surface area contributed by atoms with Crippen LogP contribution in [0.3, 0.4) is 0 Å². The second kappa shape index (κ2) is 10.8. The van der Waals surface area contributed by atoms with Crippen molar-refractivity contribution >= 4 is 11.9 Å². The number of nitrogens with one attached hydrogen (secondary N) is 1. The third kappa shape index (κ3) is 5.70. The first kappa shape index (κ1) is 21.1. The molecule has 0 unspecified atom stereocenters. The number of esters is 1. The molecule has 0 saturated carbocycles. The first-order valence-electron chi connectivity index (χ1n) is 9.85. The van der Waals surface area contributed by atoms with Crippen LogP contribution in [0.2, 0.25) is 0 Å². The molecule has 3 aromatic rings. The standard InChI is InChI=1S/C25H25NO4/c1-29-23-15-9-8-14-22(23)25(28)30-18-24(27)26-17-16-21(19-10-4-2-5-11-19)20-12-6-3-7-13-20/h2-15,21H,16-18H2,1H3,(H,26,27). The van der Waals surface area contributed by atoms with Crippen molar-refractivity contribution in [3.63, 3.8) is 0 Å². The molecule has 1 N–H and O–H groups in total. The predicted molar refractivity (Wildman–Crippen MR) is 116 cm³/mol. The maximum Gasteiger partial charge on any atom is 0.342 e. The Kier molecular flexibility index (Phi) is 7.61. The molecule has 0 saturated heterocycles. The molecule has 1 amide bonds. The molecule has 3 rings (SSSR count). The van der Waals surface area contributed by atoms with E-state index in [9.17, 15) is 9.59 Å². The molecule has 3 aromatic carbocycles. The van der Waals surface area contributed by atoms with Crippen molar-refractivity contribution < 1.29 is 19.1 Å². The summed E-state index contributed by atoms with van der Waals surface area (Å²) >= 11 is 0. The number of carbonyl (C=O) groups is 2. The number of rotatable bonds is 9. The van der Waals surface area contributed by atoms with Crippen LogP contribution >= 0.6 is 0 Å². The van der Waals surface area contributed by atoms with Gasteiger partial charge in [0.05, 0.1) is 7.11 Å². The van der Waals surface area contributed by atoms with E-state index >= 15 is 0 Å². The highest BCUT2D eigenvalue weighted by Gasteiger charge is 2.16. The highest BCUT2D eigenvalue weighted by atomic mass is 16.5. The maximum atomic E-state index is 12.2. The lowest BCUT2D eigenvalue weighted by Gasteiger charge is -2.18. The van der Waals surface area contributed by atoms with Gasteiger partial charge in [0, 0.05) is 12.5 Å². The van der Waals surface area contributed by atoms with Crippen LogP contribution in [0.4, 0.5) is 0 Å². The zero-order valence-electron chi connectivity index (χ0n) is 16.9. The van der Waals surface area contributed by atoms with E-state index in [2.05, 4.69) is 29.6 Å². The molecule has 0 heterocycles. The Balaban J connectivity index is 1.53. The zero-order chi connectivity index (χ0) is 21.2. The highest BCUT2D eigenvalue weighted by Crippen LogP contribution is 2.27. The van der Waals surface area contributed by atoms with Crippen molar-refractivity contribution in [2.24, 2.45) is 0 Å². The van der Waals surface area contributed by atoms with Crippen LogP contribution in [0.5, 0.6) is 5.75 Å². The summed E-state index contributed by atoms with van der Waals surface area (Å²) in [5, 5.41) is 2.84. The number of ether oxygens (including phenoxy) is 2. The van der Waals surface area contributed by atoms with Crippen LogP contribution in [-0.4, -0.2) is 32.1 Å². The Labute approximate surface area is 176 Å². The zero-order valence-corrected chi connectivity index (χ0v) is 16.9. The fraction of sp³-hybridized carbons (Fsp3) is 0.200. The van der Waals surface area contributed by atoms with Gasteiger partial charge in [0.2, 0.25) is 0 Å². The SMILES string of the molecule is COc1ccccc1C(=O)OCC(=O)NCCC(c1ccccc1)c1ccccc1. The van der Waals surface area contributed by atoms with Crippen molar-refractivity contribution in [1.29, 1.82) is 0 Å². The van der Waals surface area contributed by atoms with Gasteiger partial charge in [-0.15, -0.1) is 0 Å². The minimum Gasteiger partial charge on any atom is -0.496 e. The maximum absolute atomic E-state index is 12.2. The van der Waals surface area contributed by atoms with Crippen LogP contribution in [0.15, 0.2) is 84.9 Å². The Hall–Kier alpha value is -3.60. The van der Waals surface area contributed by atoms with Crippen LogP contribution in [0.25, 0.3) is 0 Å². The van der Waals surface area contributed by atoms with E-state index < -0.39 is 5.97 Å². The Morgan fingerprint density at radius 2 is 1.40 bits per heavy atom. The molecular weight excluding hydrogens is 378 g/mol. The van der Waals surface area contributed by atoms with Gasteiger partial charge in [0.15, 0.2) is 6.61 Å². The normalized spacial score (nSPS) is 10.5. The monoisotopic (exact) mass is 403 g/mol. The summed E-state index contributed by atoms with van der Waals surface area (Å²) in [6.07, 6.45) is 0.736. The highest BCUT2D eigenvalue weighted by molar-refractivity contribution is 5.93. The molecule has 0 aliphatic rings. The average Bonchev–Trinajstić information content (AvgIpc) is 2.81. The summed E-state index contributed by atoms with van der Waals surface area (Å²) in [7, 11) is 1.48. The number of hydrogen-bond donors (Lipinski definition) is 1. The van der Waals surface area contributed by atoms with E-state index in [-0.39, 0.29) is 18.4 Å². The number of amides is 1. The first-order chi connectivity index (χ1) is 14.7. The van der Waals surface area contributed by atoms with Crippen molar-refractivity contribution in [3.8, 4) is 5.75 Å². The quantitative estimate of drug-likeness (QED) is 0.544. The minimum atomic E-state index is -0.589. The molecule has 5 heteroatoms. The van der Waals surface area contributed by atoms with E-state index in [0.29, 0.717) is 17.9 Å². The molecule has 0 aliphatic heterocycles. The van der Waals surface area contributed by atoms with Gasteiger partial charge in [-0.05, 0) is 29.7 Å². The van der Waals surface area contributed by atoms with Gasteiger partial charge in [-0.1, -0.05) is 72.8 Å². The van der Waals surface area contributed by atoms with Gasteiger partial charge in [-0.25, -0.2) is 4.79 Å². The third-order valence-electron chi connectivity index (χ3n) is 4.82. The molecule has 30 heavy (non-hydrogen) atoms. The van der Waals surface area contributed by atoms with Gasteiger partial charge < -0.3 is 14.8 Å². The molecule has 0 fully saturated rings. The second-order valence-electron chi connectivity index (χ2n) is 6.79. The fourth-order valence-corrected chi connectivity index (χ4v) is 3.33. The van der Waals surface area contributed by atoms with E-state index in [0.717, 1.165) is 6.42 Å². The van der Waals surface area contributed by atoms with E-state index in [1.54, 1.807) is 24.3 Å². The summed E-state index contributed by atoms with van der Waals surface area (Å²) in [6.45, 7) is 0.137. The average molecular weight is 403 g/mol. The minimum absolute atomic E-state index is 0.170. The molecule has 154 valence electrons. The van der Waals surface area contributed by atoms with E-state index in [1.807, 2.05) is 36.4 Å². The van der Waals surface area contributed by atoms with E-state index in [4.69, 9.17) is 9.47 Å². The molecule has 0 bridgehead atoms. The summed E-state index contributed by atoms with van der Waals surface area (Å²) in [4.78, 5) is 24.4. The van der Waals surface area contributed by atoms with Crippen LogP contribution in [-0.2, 0) is 9.53 Å². The van der Waals surface area contributed by atoms with Gasteiger partial charge in [0.1, 0.15) is 11.3 Å². The first-order valence-corrected chi connectivity index (χ1v) is 9.85. The van der Waals surface area contributed by atoms with E-state index in [1.165, 1.54) is 18.2 Å². The van der Waals surface area contributed by atoms with Crippen molar-refractivity contribution in [2.75, 3.05) is 20.3 Å². The van der Waals surface area contributed by atoms with Gasteiger partial charge in [-0.2, -0.15) is 0 Å². The molecule has 0 atom stereocenters. The largest absolute Gasteiger partial charge is 0.496 e. The fourth-order valence-electron chi connectivity index (χ4n) is 3.33. The summed E-state index contributed by atoms with van der Waals surface area (Å²) in [5.41, 5.74) is 2.68. The number of para-hydroxylation sites is 1. The number of carbonyl (C=O) groups excluding carboxylic acids is 2. The Bertz CT molecular complexity index is 918. The molecule has 0 aromatic heterocycles. The molecule has 0 spiro atoms. The summed E-state index contributed by atoms with van der Waals surface area (Å²) < 4.78 is 10.3. The predicted octanol–water partition coefficient (Wildman–Crippen LogP) is 4.19. The molecule has 0 aliphatic carbocycles. The van der Waals surface area contributed by atoms with Crippen molar-refractivity contribution in [2.45, 2.75) is 12.3 Å². The van der Waals surface area contributed by atoms with Crippen LogP contribution < -0.4 is 10.1 Å². The number of methoxy groups -OCH3 is 1. The second-order valence-corrected chi connectivity index (χ2v) is 6.79. The summed E-state index contributed by atoms with van der Waals surface area (Å²) in [6, 6.07) is 27.2.